The molecule has 0 atom stereocenters. The molecule has 2 aromatic rings. The van der Waals surface area contributed by atoms with Crippen LogP contribution >= 0.6 is 27.7 Å². The molecule has 0 aliphatic carbocycles. The van der Waals surface area contributed by atoms with Crippen LogP contribution in [-0.2, 0) is 0 Å². The zero-order chi connectivity index (χ0) is 9.97. The second kappa shape index (κ2) is 4.03. The second-order valence-electron chi connectivity index (χ2n) is 2.65. The molecule has 0 saturated heterocycles. The van der Waals surface area contributed by atoms with Crippen LogP contribution in [0.15, 0.2) is 27.8 Å². The van der Waals surface area contributed by atoms with Gasteiger partial charge in [0.25, 0.3) is 0 Å². The highest BCUT2D eigenvalue weighted by Crippen LogP contribution is 2.21. The molecule has 0 unspecified atom stereocenters. The predicted molar refractivity (Wildman–Crippen MR) is 60.1 cm³/mol. The lowest BCUT2D eigenvalue weighted by Crippen LogP contribution is -1.75. The Morgan fingerprint density at radius 1 is 1.57 bits per heavy atom. The van der Waals surface area contributed by atoms with E-state index in [4.69, 9.17) is 5.26 Å². The number of aromatic nitrogens is 2. The number of hydrogen-bond donors (Lipinski definition) is 1. The number of imidazole rings is 1. The molecule has 0 radical (unpaired) electrons. The third kappa shape index (κ3) is 1.91. The molecule has 70 valence electrons. The van der Waals surface area contributed by atoms with Gasteiger partial charge in [-0.05, 0) is 18.2 Å². The molecular weight excluding hydrogens is 262 g/mol. The summed E-state index contributed by atoms with van der Waals surface area (Å²) in [5.41, 5.74) is 1.91. The van der Waals surface area contributed by atoms with Crippen LogP contribution in [0.4, 0.5) is 0 Å². The standard InChI is InChI=1S/C9H6BrN3S/c10-6-1-2-7-8(5-6)13-9(12-7)14-4-3-11/h1-2,5H,4H2,(H,12,13). The van der Waals surface area contributed by atoms with Crippen molar-refractivity contribution in [1.29, 1.82) is 5.26 Å². The lowest BCUT2D eigenvalue weighted by atomic mass is 10.3. The first-order valence-corrected chi connectivity index (χ1v) is 5.72. The van der Waals surface area contributed by atoms with Crippen LogP contribution in [0, 0.1) is 11.3 Å². The Hall–Kier alpha value is -0.990. The summed E-state index contributed by atoms with van der Waals surface area (Å²) in [6.45, 7) is 0. The fourth-order valence-corrected chi connectivity index (χ4v) is 2.03. The van der Waals surface area contributed by atoms with Crippen molar-refractivity contribution in [3.05, 3.63) is 22.7 Å². The van der Waals surface area contributed by atoms with Crippen LogP contribution in [-0.4, -0.2) is 15.7 Å². The van der Waals surface area contributed by atoms with E-state index < -0.39 is 0 Å². The Morgan fingerprint density at radius 3 is 3.21 bits per heavy atom. The molecule has 2 rings (SSSR count). The van der Waals surface area contributed by atoms with Crippen LogP contribution in [0.25, 0.3) is 11.0 Å². The molecule has 1 N–H and O–H groups in total. The molecule has 0 aliphatic rings. The van der Waals surface area contributed by atoms with E-state index in [9.17, 15) is 0 Å². The van der Waals surface area contributed by atoms with Gasteiger partial charge in [0.05, 0.1) is 22.9 Å². The molecule has 0 spiro atoms. The molecule has 1 heterocycles. The summed E-state index contributed by atoms with van der Waals surface area (Å²) >= 11 is 4.80. The largest absolute Gasteiger partial charge is 0.333 e. The Bertz CT molecular complexity index is 500. The number of hydrogen-bond acceptors (Lipinski definition) is 3. The first-order valence-electron chi connectivity index (χ1n) is 3.94. The zero-order valence-electron chi connectivity index (χ0n) is 7.12. The fourth-order valence-electron chi connectivity index (χ4n) is 1.13. The van der Waals surface area contributed by atoms with E-state index in [1.807, 2.05) is 18.2 Å². The van der Waals surface area contributed by atoms with Crippen molar-refractivity contribution in [1.82, 2.24) is 9.97 Å². The summed E-state index contributed by atoms with van der Waals surface area (Å²) in [4.78, 5) is 7.47. The molecule has 5 heteroatoms. The van der Waals surface area contributed by atoms with Gasteiger partial charge < -0.3 is 4.98 Å². The third-order valence-electron chi connectivity index (χ3n) is 1.70. The minimum absolute atomic E-state index is 0.418. The van der Waals surface area contributed by atoms with E-state index in [0.29, 0.717) is 5.75 Å². The summed E-state index contributed by atoms with van der Waals surface area (Å²) in [6, 6.07) is 7.92. The van der Waals surface area contributed by atoms with Gasteiger partial charge in [-0.1, -0.05) is 27.7 Å². The first kappa shape index (κ1) is 9.56. The van der Waals surface area contributed by atoms with Crippen LogP contribution in [0.1, 0.15) is 0 Å². The Kier molecular flexibility index (Phi) is 2.75. The average Bonchev–Trinajstić information content (AvgIpc) is 2.56. The van der Waals surface area contributed by atoms with Crippen LogP contribution in [0.5, 0.6) is 0 Å². The molecule has 3 nitrogen and oxygen atoms in total. The van der Waals surface area contributed by atoms with Gasteiger partial charge in [0, 0.05) is 4.47 Å². The van der Waals surface area contributed by atoms with Crippen molar-refractivity contribution in [2.45, 2.75) is 5.16 Å². The minimum Gasteiger partial charge on any atom is -0.333 e. The van der Waals surface area contributed by atoms with E-state index in [1.165, 1.54) is 11.8 Å². The molecule has 14 heavy (non-hydrogen) atoms. The lowest BCUT2D eigenvalue weighted by Gasteiger charge is -1.87. The molecule has 0 bridgehead atoms. The highest BCUT2D eigenvalue weighted by molar-refractivity contribution is 9.10. The molecule has 0 amide bonds. The Morgan fingerprint density at radius 2 is 2.43 bits per heavy atom. The normalized spacial score (nSPS) is 10.3. The second-order valence-corrected chi connectivity index (χ2v) is 4.53. The third-order valence-corrected chi connectivity index (χ3v) is 2.93. The highest BCUT2D eigenvalue weighted by Gasteiger charge is 2.02. The predicted octanol–water partition coefficient (Wildman–Crippen LogP) is 2.94. The monoisotopic (exact) mass is 267 g/mol. The van der Waals surface area contributed by atoms with E-state index in [1.54, 1.807) is 0 Å². The molecule has 1 aromatic heterocycles. The number of fused-ring (bicyclic) bond motifs is 1. The number of H-pyrrole nitrogens is 1. The number of thioether (sulfide) groups is 1. The number of halogens is 1. The van der Waals surface area contributed by atoms with Crippen molar-refractivity contribution in [3.63, 3.8) is 0 Å². The fraction of sp³-hybridized carbons (Fsp3) is 0.111. The van der Waals surface area contributed by atoms with Gasteiger partial charge in [-0.25, -0.2) is 4.98 Å². The van der Waals surface area contributed by atoms with Crippen LogP contribution in [0.3, 0.4) is 0 Å². The molecule has 0 aliphatic heterocycles. The maximum Gasteiger partial charge on any atom is 0.167 e. The number of nitriles is 1. The van der Waals surface area contributed by atoms with E-state index in [0.717, 1.165) is 20.7 Å². The minimum atomic E-state index is 0.418. The highest BCUT2D eigenvalue weighted by atomic mass is 79.9. The number of nitrogens with zero attached hydrogens (tertiary/aromatic N) is 2. The van der Waals surface area contributed by atoms with Crippen molar-refractivity contribution in [2.24, 2.45) is 0 Å². The quantitative estimate of drug-likeness (QED) is 0.852. The van der Waals surface area contributed by atoms with Crippen molar-refractivity contribution < 1.29 is 0 Å². The number of benzene rings is 1. The number of nitrogens with one attached hydrogen (secondary N) is 1. The van der Waals surface area contributed by atoms with Crippen molar-refractivity contribution >= 4 is 38.7 Å². The lowest BCUT2D eigenvalue weighted by molar-refractivity contribution is 1.08. The van der Waals surface area contributed by atoms with Crippen molar-refractivity contribution in [3.8, 4) is 6.07 Å². The number of rotatable bonds is 2. The average molecular weight is 268 g/mol. The van der Waals surface area contributed by atoms with E-state index in [2.05, 4.69) is 32.0 Å². The smallest absolute Gasteiger partial charge is 0.167 e. The molecule has 0 saturated carbocycles. The Labute approximate surface area is 93.7 Å². The summed E-state index contributed by atoms with van der Waals surface area (Å²) in [6.07, 6.45) is 0. The molecule has 0 fully saturated rings. The van der Waals surface area contributed by atoms with E-state index in [-0.39, 0.29) is 0 Å². The maximum absolute atomic E-state index is 8.43. The molecule has 1 aromatic carbocycles. The molecular formula is C9H6BrN3S. The number of aromatic amines is 1. The van der Waals surface area contributed by atoms with Gasteiger partial charge in [-0.2, -0.15) is 5.26 Å². The summed E-state index contributed by atoms with van der Waals surface area (Å²) in [7, 11) is 0. The SMILES string of the molecule is N#CCSc1nc2ccc(Br)cc2[nH]1. The van der Waals surface area contributed by atoms with Gasteiger partial charge in [0.15, 0.2) is 5.16 Å². The van der Waals surface area contributed by atoms with Gasteiger partial charge in [-0.3, -0.25) is 0 Å². The van der Waals surface area contributed by atoms with Crippen LogP contribution in [0.2, 0.25) is 0 Å². The summed E-state index contributed by atoms with van der Waals surface area (Å²) in [5, 5.41) is 9.22. The topological polar surface area (TPSA) is 52.5 Å². The van der Waals surface area contributed by atoms with Gasteiger partial charge >= 0.3 is 0 Å². The summed E-state index contributed by atoms with van der Waals surface area (Å²) in [5.74, 6) is 0.418. The zero-order valence-corrected chi connectivity index (χ0v) is 9.52. The van der Waals surface area contributed by atoms with Gasteiger partial charge in [0.1, 0.15) is 0 Å². The van der Waals surface area contributed by atoms with Gasteiger partial charge in [0.2, 0.25) is 0 Å². The van der Waals surface area contributed by atoms with Crippen molar-refractivity contribution in [2.75, 3.05) is 5.75 Å². The Balaban J connectivity index is 2.37. The maximum atomic E-state index is 8.43. The van der Waals surface area contributed by atoms with E-state index >= 15 is 0 Å². The van der Waals surface area contributed by atoms with Crippen LogP contribution < -0.4 is 0 Å². The first-order chi connectivity index (χ1) is 6.79. The van der Waals surface area contributed by atoms with Gasteiger partial charge in [-0.15, -0.1) is 0 Å². The summed E-state index contributed by atoms with van der Waals surface area (Å²) < 4.78 is 1.02.